The maximum atomic E-state index is 13.8. The van der Waals surface area contributed by atoms with E-state index in [9.17, 15) is 48.4 Å². The third-order valence-electron chi connectivity index (χ3n) is 9.26. The number of hydrogen-bond donors (Lipinski definition) is 4. The van der Waals surface area contributed by atoms with Crippen molar-refractivity contribution in [1.82, 2.24) is 0 Å². The Labute approximate surface area is 388 Å². The molecule has 6 aromatic carbocycles. The molecular weight excluding hydrogens is 944 g/mol. The van der Waals surface area contributed by atoms with Crippen LogP contribution in [0.15, 0.2) is 149 Å². The molecule has 6 rings (SSSR count). The first-order valence-corrected chi connectivity index (χ1v) is 23.2. The molecule has 0 bridgehead atoms. The van der Waals surface area contributed by atoms with E-state index in [0.717, 1.165) is 35.4 Å². The molecule has 0 saturated carbocycles. The molecule has 0 aliphatic rings. The maximum absolute atomic E-state index is 13.8. The molecule has 0 saturated heterocycles. The van der Waals surface area contributed by atoms with E-state index in [1.807, 2.05) is 0 Å². The van der Waals surface area contributed by atoms with Crippen molar-refractivity contribution < 1.29 is 77.5 Å². The summed E-state index contributed by atoms with van der Waals surface area (Å²) in [6, 6.07) is 32.0. The lowest BCUT2D eigenvalue weighted by atomic mass is 10.1. The average molecular weight is 987 g/mol. The third kappa shape index (κ3) is 15.9. The molecule has 4 N–H and O–H groups in total. The second-order valence-electron chi connectivity index (χ2n) is 14.2. The molecule has 14 nitrogen and oxygen atoms in total. The number of carboxylic acid groups (broad SMARTS) is 2. The van der Waals surface area contributed by atoms with Gasteiger partial charge in [0.1, 0.15) is 66.0 Å². The van der Waals surface area contributed by atoms with Crippen molar-refractivity contribution in [2.45, 2.75) is 41.7 Å². The fraction of sp³-hybridized carbons (Fsp3) is 0.191. The molecule has 0 atom stereocenters. The molecule has 0 amide bonds. The first-order chi connectivity index (χ1) is 32.3. The van der Waals surface area contributed by atoms with Crippen LogP contribution >= 0.6 is 0 Å². The number of benzene rings is 6. The lowest BCUT2D eigenvalue weighted by molar-refractivity contribution is -0.140. The minimum absolute atomic E-state index is 0.000772. The number of alkyl halides is 3. The van der Waals surface area contributed by atoms with Crippen LogP contribution in [0.1, 0.15) is 29.5 Å². The van der Waals surface area contributed by atoms with Crippen LogP contribution in [0.3, 0.4) is 0 Å². The van der Waals surface area contributed by atoms with E-state index in [2.05, 4.69) is 9.44 Å². The molecule has 68 heavy (non-hydrogen) atoms. The highest BCUT2D eigenvalue weighted by Gasteiger charge is 2.37. The summed E-state index contributed by atoms with van der Waals surface area (Å²) in [6.07, 6.45) is -4.15. The van der Waals surface area contributed by atoms with E-state index in [0.29, 0.717) is 48.0 Å². The van der Waals surface area contributed by atoms with E-state index >= 15 is 0 Å². The number of aliphatic carboxylic acids is 2. The number of carbonyl (C=O) groups is 2. The summed E-state index contributed by atoms with van der Waals surface area (Å²) in [6.45, 7) is 0.728. The van der Waals surface area contributed by atoms with Gasteiger partial charge in [-0.3, -0.25) is 19.0 Å². The highest BCUT2D eigenvalue weighted by Crippen LogP contribution is 2.35. The summed E-state index contributed by atoms with van der Waals surface area (Å²) in [5.74, 6) is -1.87. The van der Waals surface area contributed by atoms with Crippen LogP contribution in [0.4, 0.5) is 33.3 Å². The second kappa shape index (κ2) is 23.9. The van der Waals surface area contributed by atoms with Gasteiger partial charge in [-0.15, -0.1) is 0 Å². The minimum atomic E-state index is -4.82. The maximum Gasteiger partial charge on any atom is 0.417 e. The van der Waals surface area contributed by atoms with E-state index in [-0.39, 0.29) is 50.6 Å². The van der Waals surface area contributed by atoms with Crippen molar-refractivity contribution >= 4 is 43.4 Å². The second-order valence-corrected chi connectivity index (χ2v) is 17.5. The first kappa shape index (κ1) is 51.6. The number of nitrogens with one attached hydrogen (secondary N) is 2. The Morgan fingerprint density at radius 3 is 1.37 bits per heavy atom. The lowest BCUT2D eigenvalue weighted by Crippen LogP contribution is -2.18. The van der Waals surface area contributed by atoms with Crippen molar-refractivity contribution in [3.63, 3.8) is 0 Å². The number of ether oxygens (including phenoxy) is 4. The molecule has 0 aliphatic heterocycles. The van der Waals surface area contributed by atoms with Crippen LogP contribution in [0.25, 0.3) is 0 Å². The number of para-hydroxylation sites is 2. The van der Waals surface area contributed by atoms with Crippen LogP contribution in [-0.4, -0.2) is 65.4 Å². The number of halogens is 5. The summed E-state index contributed by atoms with van der Waals surface area (Å²) in [4.78, 5) is 20.0. The van der Waals surface area contributed by atoms with Gasteiger partial charge in [0, 0.05) is 30.3 Å². The normalized spacial score (nSPS) is 11.4. The molecule has 360 valence electrons. The summed E-state index contributed by atoms with van der Waals surface area (Å²) in [7, 11) is -8.70. The first-order valence-electron chi connectivity index (χ1n) is 20.3. The van der Waals surface area contributed by atoms with Crippen molar-refractivity contribution in [2.75, 3.05) is 35.9 Å². The summed E-state index contributed by atoms with van der Waals surface area (Å²) in [5.41, 5.74) is 0.539. The zero-order chi connectivity index (χ0) is 49.3. The van der Waals surface area contributed by atoms with Gasteiger partial charge >= 0.3 is 18.1 Å². The number of anilines is 2. The Balaban J connectivity index is 0.000000255. The highest BCUT2D eigenvalue weighted by atomic mass is 32.2. The van der Waals surface area contributed by atoms with Crippen molar-refractivity contribution in [2.24, 2.45) is 0 Å². The Bertz CT molecular complexity index is 2870. The fourth-order valence-corrected chi connectivity index (χ4v) is 8.50. The van der Waals surface area contributed by atoms with Crippen molar-refractivity contribution in [3.05, 3.63) is 168 Å². The van der Waals surface area contributed by atoms with Gasteiger partial charge in [0.2, 0.25) is 0 Å². The van der Waals surface area contributed by atoms with Gasteiger partial charge < -0.3 is 29.2 Å². The van der Waals surface area contributed by atoms with Gasteiger partial charge in [-0.1, -0.05) is 48.5 Å². The molecule has 0 heterocycles. The van der Waals surface area contributed by atoms with Crippen LogP contribution in [-0.2, 0) is 48.7 Å². The SMILES string of the molecule is O=C(O)CCc1ccccc1OCCOc1ccc(NS(=O)(=O)c2ccc(F)cc2F)cc1.O=C(O)CCc1ccccc1OCCOc1ccc(NS(=O)(=O)c2ccccc2C(F)(F)F)cc1. The number of carboxylic acids is 2. The molecule has 0 unspecified atom stereocenters. The standard InChI is InChI=1S/C24H22F3NO6S.C23H21F2NO6S/c25-24(26,27)20-6-2-4-8-22(20)35(31,32)28-18-10-12-19(13-11-18)33-15-16-34-21-7-3-1-5-17(21)9-14-23(29)30;24-17-6-11-22(20(25)15-17)33(29,30)26-18-7-9-19(10-8-18)31-13-14-32-21-4-2-1-3-16(21)5-12-23(27)28/h1-8,10-13,28H,9,14-16H2,(H,29,30);1-4,6-11,15,26H,5,12-14H2,(H,27,28). The third-order valence-corrected chi connectivity index (χ3v) is 12.1. The summed E-state index contributed by atoms with van der Waals surface area (Å²) >= 11 is 0. The van der Waals surface area contributed by atoms with Gasteiger partial charge in [0.15, 0.2) is 0 Å². The molecule has 21 heteroatoms. The van der Waals surface area contributed by atoms with Crippen LogP contribution < -0.4 is 28.4 Å². The Hall–Kier alpha value is -7.39. The molecule has 0 fully saturated rings. The summed E-state index contributed by atoms with van der Waals surface area (Å²) in [5, 5.41) is 17.7. The zero-order valence-corrected chi connectivity index (χ0v) is 37.3. The van der Waals surface area contributed by atoms with Gasteiger partial charge in [-0.05, 0) is 109 Å². The van der Waals surface area contributed by atoms with Gasteiger partial charge in [-0.2, -0.15) is 13.2 Å². The largest absolute Gasteiger partial charge is 0.490 e. The van der Waals surface area contributed by atoms with Gasteiger partial charge in [-0.25, -0.2) is 25.6 Å². The number of hydrogen-bond acceptors (Lipinski definition) is 10. The molecule has 0 spiro atoms. The Morgan fingerprint density at radius 2 is 0.926 bits per heavy atom. The molecule has 0 aromatic heterocycles. The monoisotopic (exact) mass is 986 g/mol. The van der Waals surface area contributed by atoms with E-state index < -0.39 is 65.2 Å². The lowest BCUT2D eigenvalue weighted by Gasteiger charge is -2.15. The Kier molecular flexibility index (Phi) is 18.1. The van der Waals surface area contributed by atoms with E-state index in [1.165, 1.54) is 54.6 Å². The molecular formula is C47H43F5N2O12S2. The van der Waals surface area contributed by atoms with Crippen molar-refractivity contribution in [1.29, 1.82) is 0 Å². The van der Waals surface area contributed by atoms with Crippen LogP contribution in [0.2, 0.25) is 0 Å². The summed E-state index contributed by atoms with van der Waals surface area (Å²) < 4.78 is 143. The molecule has 0 aliphatic carbocycles. The smallest absolute Gasteiger partial charge is 0.417 e. The van der Waals surface area contributed by atoms with Crippen LogP contribution in [0, 0.1) is 11.6 Å². The highest BCUT2D eigenvalue weighted by molar-refractivity contribution is 7.93. The number of aryl methyl sites for hydroxylation is 2. The molecule has 0 radical (unpaired) electrons. The van der Waals surface area contributed by atoms with E-state index in [1.54, 1.807) is 48.5 Å². The average Bonchev–Trinajstić information content (AvgIpc) is 3.29. The number of sulfonamides is 2. The van der Waals surface area contributed by atoms with Gasteiger partial charge in [0.05, 0.1) is 10.5 Å². The quantitative estimate of drug-likeness (QED) is 0.0371. The number of rotatable bonds is 22. The predicted molar refractivity (Wildman–Crippen MR) is 239 cm³/mol. The minimum Gasteiger partial charge on any atom is -0.490 e. The zero-order valence-electron chi connectivity index (χ0n) is 35.6. The van der Waals surface area contributed by atoms with Gasteiger partial charge in [0.25, 0.3) is 20.0 Å². The van der Waals surface area contributed by atoms with Crippen LogP contribution in [0.5, 0.6) is 23.0 Å². The Morgan fingerprint density at radius 1 is 0.515 bits per heavy atom. The topological polar surface area (TPSA) is 204 Å². The van der Waals surface area contributed by atoms with E-state index in [4.69, 9.17) is 29.2 Å². The predicted octanol–water partition coefficient (Wildman–Crippen LogP) is 9.22. The van der Waals surface area contributed by atoms with Crippen molar-refractivity contribution in [3.8, 4) is 23.0 Å². The molecule has 6 aromatic rings. The fourth-order valence-electron chi connectivity index (χ4n) is 6.09.